The zero-order chi connectivity index (χ0) is 19.1. The maximum atomic E-state index is 10.0. The highest BCUT2D eigenvalue weighted by atomic mass is 127. The Bertz CT molecular complexity index is 777. The minimum atomic E-state index is 0. The molecule has 3 rings (SSSR count). The van der Waals surface area contributed by atoms with E-state index in [0.29, 0.717) is 18.9 Å². The van der Waals surface area contributed by atoms with E-state index in [0.717, 1.165) is 43.6 Å². The van der Waals surface area contributed by atoms with E-state index in [-0.39, 0.29) is 24.0 Å². The first-order valence-corrected chi connectivity index (χ1v) is 9.35. The van der Waals surface area contributed by atoms with Gasteiger partial charge in [0.2, 0.25) is 0 Å². The number of para-hydroxylation sites is 2. The fourth-order valence-corrected chi connectivity index (χ4v) is 3.26. The Kier molecular flexibility index (Phi) is 8.69. The molecule has 1 saturated heterocycles. The fraction of sp³-hybridized carbons (Fsp3) is 0.381. The monoisotopic (exact) mass is 496 g/mol. The van der Waals surface area contributed by atoms with Gasteiger partial charge in [-0.15, -0.1) is 24.0 Å². The van der Waals surface area contributed by atoms with Gasteiger partial charge in [-0.3, -0.25) is 4.99 Å². The number of ether oxygens (including phenoxy) is 1. The lowest BCUT2D eigenvalue weighted by molar-refractivity contribution is 0.314. The fourth-order valence-electron chi connectivity index (χ4n) is 3.26. The maximum absolute atomic E-state index is 10.0. The molecular formula is C21H29IN4O2. The lowest BCUT2D eigenvalue weighted by atomic mass is 10.2. The number of hydrogen-bond acceptors (Lipinski definition) is 4. The van der Waals surface area contributed by atoms with Crippen molar-refractivity contribution in [1.82, 2.24) is 10.2 Å². The zero-order valence-electron chi connectivity index (χ0n) is 16.5. The molecule has 0 amide bonds. The second-order valence-corrected chi connectivity index (χ2v) is 6.60. The molecule has 0 spiro atoms. The van der Waals surface area contributed by atoms with Gasteiger partial charge in [-0.05, 0) is 36.8 Å². The highest BCUT2D eigenvalue weighted by Gasteiger charge is 2.21. The molecule has 2 aromatic carbocycles. The number of aliphatic imine (C=N–C) groups is 1. The van der Waals surface area contributed by atoms with Crippen LogP contribution < -0.4 is 15.0 Å². The molecule has 0 unspecified atom stereocenters. The van der Waals surface area contributed by atoms with Gasteiger partial charge >= 0.3 is 0 Å². The average Bonchev–Trinajstić information content (AvgIpc) is 2.69. The number of piperazine rings is 1. The molecule has 0 aromatic heterocycles. The summed E-state index contributed by atoms with van der Waals surface area (Å²) < 4.78 is 5.79. The molecule has 1 aliphatic heterocycles. The zero-order valence-corrected chi connectivity index (χ0v) is 18.8. The van der Waals surface area contributed by atoms with Crippen LogP contribution >= 0.6 is 24.0 Å². The van der Waals surface area contributed by atoms with Gasteiger partial charge in [-0.1, -0.05) is 24.3 Å². The number of rotatable bonds is 5. The van der Waals surface area contributed by atoms with Crippen LogP contribution in [0.1, 0.15) is 5.56 Å². The number of nitrogens with zero attached hydrogens (tertiary/aromatic N) is 3. The van der Waals surface area contributed by atoms with Crippen LogP contribution in [0.15, 0.2) is 53.5 Å². The molecule has 7 heteroatoms. The summed E-state index contributed by atoms with van der Waals surface area (Å²) in [6.07, 6.45) is 0. The standard InChI is InChI=1S/C21H28N4O2.HI/c1-17-6-5-7-18(16-17)27-15-10-23-21(22-2)25-13-11-24(12-14-25)19-8-3-4-9-20(19)26;/h3-9,16,26H,10-15H2,1-2H3,(H,22,23);1H. The van der Waals surface area contributed by atoms with Gasteiger partial charge in [0.1, 0.15) is 18.1 Å². The molecule has 152 valence electrons. The second-order valence-electron chi connectivity index (χ2n) is 6.60. The van der Waals surface area contributed by atoms with Gasteiger partial charge in [0.15, 0.2) is 5.96 Å². The molecule has 28 heavy (non-hydrogen) atoms. The maximum Gasteiger partial charge on any atom is 0.193 e. The summed E-state index contributed by atoms with van der Waals surface area (Å²) in [6.45, 7) is 6.73. The summed E-state index contributed by atoms with van der Waals surface area (Å²) in [6, 6.07) is 15.6. The van der Waals surface area contributed by atoms with Crippen LogP contribution in [-0.2, 0) is 0 Å². The van der Waals surface area contributed by atoms with Gasteiger partial charge < -0.3 is 25.0 Å². The lowest BCUT2D eigenvalue weighted by Crippen LogP contribution is -2.53. The van der Waals surface area contributed by atoms with Crippen molar-refractivity contribution in [1.29, 1.82) is 0 Å². The minimum Gasteiger partial charge on any atom is -0.506 e. The highest BCUT2D eigenvalue weighted by Crippen LogP contribution is 2.27. The van der Waals surface area contributed by atoms with Crippen LogP contribution in [0.2, 0.25) is 0 Å². The van der Waals surface area contributed by atoms with Gasteiger partial charge in [-0.2, -0.15) is 0 Å². The predicted molar refractivity (Wildman–Crippen MR) is 125 cm³/mol. The Morgan fingerprint density at radius 2 is 1.86 bits per heavy atom. The van der Waals surface area contributed by atoms with Crippen molar-refractivity contribution in [3.05, 3.63) is 54.1 Å². The normalized spacial score (nSPS) is 14.4. The molecule has 0 atom stereocenters. The number of phenolic OH excluding ortho intramolecular Hbond substituents is 1. The van der Waals surface area contributed by atoms with Crippen molar-refractivity contribution < 1.29 is 9.84 Å². The molecule has 0 saturated carbocycles. The van der Waals surface area contributed by atoms with E-state index in [1.807, 2.05) is 36.4 Å². The third kappa shape index (κ3) is 5.92. The van der Waals surface area contributed by atoms with E-state index in [4.69, 9.17) is 4.74 Å². The van der Waals surface area contributed by atoms with Crippen LogP contribution in [0.25, 0.3) is 0 Å². The molecule has 2 N–H and O–H groups in total. The van der Waals surface area contributed by atoms with Crippen molar-refractivity contribution in [3.63, 3.8) is 0 Å². The van der Waals surface area contributed by atoms with Crippen molar-refractivity contribution in [3.8, 4) is 11.5 Å². The number of hydrogen-bond donors (Lipinski definition) is 2. The van der Waals surface area contributed by atoms with E-state index in [1.54, 1.807) is 13.1 Å². The number of benzene rings is 2. The van der Waals surface area contributed by atoms with Crippen LogP contribution in [0.3, 0.4) is 0 Å². The molecule has 1 heterocycles. The van der Waals surface area contributed by atoms with E-state index in [9.17, 15) is 5.11 Å². The summed E-state index contributed by atoms with van der Waals surface area (Å²) >= 11 is 0. The number of phenols is 1. The quantitative estimate of drug-likeness (QED) is 0.289. The summed E-state index contributed by atoms with van der Waals surface area (Å²) in [5, 5.41) is 13.4. The topological polar surface area (TPSA) is 60.3 Å². The van der Waals surface area contributed by atoms with Crippen molar-refractivity contribution in [2.75, 3.05) is 51.3 Å². The van der Waals surface area contributed by atoms with Gasteiger partial charge in [0.05, 0.1) is 12.2 Å². The van der Waals surface area contributed by atoms with Crippen LogP contribution in [0, 0.1) is 6.92 Å². The molecule has 1 fully saturated rings. The number of aromatic hydroxyl groups is 1. The Morgan fingerprint density at radius 1 is 1.11 bits per heavy atom. The van der Waals surface area contributed by atoms with E-state index < -0.39 is 0 Å². The third-order valence-corrected chi connectivity index (χ3v) is 4.66. The number of guanidine groups is 1. The Balaban J connectivity index is 0.00000280. The van der Waals surface area contributed by atoms with E-state index in [2.05, 4.69) is 33.1 Å². The van der Waals surface area contributed by atoms with Crippen molar-refractivity contribution in [2.45, 2.75) is 6.92 Å². The smallest absolute Gasteiger partial charge is 0.193 e. The molecule has 1 aliphatic rings. The Morgan fingerprint density at radius 3 is 2.54 bits per heavy atom. The highest BCUT2D eigenvalue weighted by molar-refractivity contribution is 14.0. The number of aryl methyl sites for hydroxylation is 1. The van der Waals surface area contributed by atoms with E-state index in [1.165, 1.54) is 5.56 Å². The predicted octanol–water partition coefficient (Wildman–Crippen LogP) is 3.10. The van der Waals surface area contributed by atoms with Crippen LogP contribution in [-0.4, -0.2) is 62.3 Å². The average molecular weight is 496 g/mol. The summed E-state index contributed by atoms with van der Waals surface area (Å²) in [5.74, 6) is 2.12. The summed E-state index contributed by atoms with van der Waals surface area (Å²) in [4.78, 5) is 8.84. The first kappa shape index (κ1) is 22.1. The molecular weight excluding hydrogens is 467 g/mol. The third-order valence-electron chi connectivity index (χ3n) is 4.66. The SMILES string of the molecule is CN=C(NCCOc1cccc(C)c1)N1CCN(c2ccccc2O)CC1.I. The number of nitrogens with one attached hydrogen (secondary N) is 1. The second kappa shape index (κ2) is 11.0. The summed E-state index contributed by atoms with van der Waals surface area (Å²) in [5.41, 5.74) is 2.09. The van der Waals surface area contributed by atoms with Crippen molar-refractivity contribution in [2.24, 2.45) is 4.99 Å². The van der Waals surface area contributed by atoms with E-state index >= 15 is 0 Å². The Hall–Kier alpha value is -2.16. The van der Waals surface area contributed by atoms with Gasteiger partial charge in [0.25, 0.3) is 0 Å². The first-order chi connectivity index (χ1) is 13.2. The number of halogens is 1. The molecule has 6 nitrogen and oxygen atoms in total. The van der Waals surface area contributed by atoms with Crippen molar-refractivity contribution >= 4 is 35.6 Å². The van der Waals surface area contributed by atoms with Gasteiger partial charge in [-0.25, -0.2) is 0 Å². The molecule has 0 bridgehead atoms. The van der Waals surface area contributed by atoms with Gasteiger partial charge in [0, 0.05) is 33.2 Å². The van der Waals surface area contributed by atoms with Crippen LogP contribution in [0.5, 0.6) is 11.5 Å². The molecule has 2 aromatic rings. The molecule has 0 aliphatic carbocycles. The largest absolute Gasteiger partial charge is 0.506 e. The lowest BCUT2D eigenvalue weighted by Gasteiger charge is -2.37. The first-order valence-electron chi connectivity index (χ1n) is 9.35. The summed E-state index contributed by atoms with van der Waals surface area (Å²) in [7, 11) is 1.80. The minimum absolute atomic E-state index is 0. The Labute approximate surface area is 184 Å². The molecule has 0 radical (unpaired) electrons. The van der Waals surface area contributed by atoms with Crippen LogP contribution in [0.4, 0.5) is 5.69 Å². The number of anilines is 1.